The van der Waals surface area contributed by atoms with E-state index in [-0.39, 0.29) is 18.1 Å². The second kappa shape index (κ2) is 11.1. The first-order valence-electron chi connectivity index (χ1n) is 10.1. The average molecular weight is 504 g/mol. The molecule has 0 heterocycles. The molecule has 3 rings (SSSR count). The normalized spacial score (nSPS) is 10.8. The lowest BCUT2D eigenvalue weighted by molar-refractivity contribution is -0.118. The molecule has 0 fully saturated rings. The molecule has 2 N–H and O–H groups in total. The van der Waals surface area contributed by atoms with Gasteiger partial charge in [0.2, 0.25) is 0 Å². The van der Waals surface area contributed by atoms with E-state index in [4.69, 9.17) is 4.74 Å². The Morgan fingerprint density at radius 3 is 2.45 bits per heavy atom. The minimum absolute atomic E-state index is 0.0559. The highest BCUT2D eigenvalue weighted by Crippen LogP contribution is 2.19. The molecule has 0 unspecified atom stereocenters. The molecule has 0 spiro atoms. The number of ether oxygens (including phenoxy) is 1. The monoisotopic (exact) mass is 503 g/mol. The Hall–Kier alpha value is -3.89. The summed E-state index contributed by atoms with van der Waals surface area (Å²) in [6.07, 6.45) is 1.47. The number of amides is 2. The highest BCUT2D eigenvalue weighted by molar-refractivity contribution is 9.10. The molecule has 33 heavy (non-hydrogen) atoms. The Balaban J connectivity index is 1.63. The summed E-state index contributed by atoms with van der Waals surface area (Å²) in [5, 5.41) is 14.9. The topological polar surface area (TPSA) is 91.2 Å². The standard InChI is InChI=1S/C26H22BrN3O3/c1-17-9-10-23(11-18(17)2)29-25(31)16-33-24-8-3-5-19(13-24)12-20(15-28)26(32)30-22-7-4-6-21(27)14-22/h3-14H,16H2,1-2H3,(H,29,31)(H,30,32)/b20-12-. The Morgan fingerprint density at radius 2 is 1.73 bits per heavy atom. The molecule has 3 aromatic carbocycles. The summed E-state index contributed by atoms with van der Waals surface area (Å²) < 4.78 is 6.40. The van der Waals surface area contributed by atoms with Crippen molar-refractivity contribution in [2.45, 2.75) is 13.8 Å². The first-order valence-corrected chi connectivity index (χ1v) is 10.9. The summed E-state index contributed by atoms with van der Waals surface area (Å²) in [5.41, 5.74) is 4.06. The zero-order chi connectivity index (χ0) is 23.8. The van der Waals surface area contributed by atoms with Gasteiger partial charge in [-0.25, -0.2) is 0 Å². The van der Waals surface area contributed by atoms with Crippen LogP contribution in [0.15, 0.2) is 76.8 Å². The second-order valence-electron chi connectivity index (χ2n) is 7.34. The molecule has 3 aromatic rings. The minimum atomic E-state index is -0.519. The van der Waals surface area contributed by atoms with Crippen molar-refractivity contribution in [3.05, 3.63) is 93.5 Å². The molecule has 0 bridgehead atoms. The van der Waals surface area contributed by atoms with Crippen LogP contribution in [0.4, 0.5) is 11.4 Å². The van der Waals surface area contributed by atoms with Gasteiger partial charge in [-0.2, -0.15) is 5.26 Å². The summed E-state index contributed by atoms with van der Waals surface area (Å²) in [4.78, 5) is 24.7. The Labute approximate surface area is 201 Å². The van der Waals surface area contributed by atoms with Crippen molar-refractivity contribution < 1.29 is 14.3 Å². The molecule has 0 aliphatic carbocycles. The van der Waals surface area contributed by atoms with Crippen molar-refractivity contribution in [1.82, 2.24) is 0 Å². The van der Waals surface area contributed by atoms with Crippen LogP contribution >= 0.6 is 15.9 Å². The van der Waals surface area contributed by atoms with E-state index in [0.717, 1.165) is 15.6 Å². The number of hydrogen-bond acceptors (Lipinski definition) is 4. The predicted octanol–water partition coefficient (Wildman–Crippen LogP) is 5.63. The van der Waals surface area contributed by atoms with Crippen LogP contribution < -0.4 is 15.4 Å². The predicted molar refractivity (Wildman–Crippen MR) is 133 cm³/mol. The van der Waals surface area contributed by atoms with Crippen molar-refractivity contribution in [1.29, 1.82) is 5.26 Å². The third-order valence-electron chi connectivity index (χ3n) is 4.78. The molecule has 0 radical (unpaired) electrons. The lowest BCUT2D eigenvalue weighted by atomic mass is 10.1. The first kappa shape index (κ1) is 23.8. The Bertz CT molecular complexity index is 1260. The number of carbonyl (C=O) groups excluding carboxylic acids is 2. The lowest BCUT2D eigenvalue weighted by Crippen LogP contribution is -2.20. The highest BCUT2D eigenvalue weighted by atomic mass is 79.9. The fourth-order valence-electron chi connectivity index (χ4n) is 2.94. The van der Waals surface area contributed by atoms with E-state index in [9.17, 15) is 14.9 Å². The van der Waals surface area contributed by atoms with Crippen LogP contribution in [0.5, 0.6) is 5.75 Å². The molecule has 0 saturated carbocycles. The van der Waals surface area contributed by atoms with Crippen LogP contribution in [0.25, 0.3) is 6.08 Å². The van der Waals surface area contributed by atoms with Crippen molar-refractivity contribution in [3.8, 4) is 11.8 Å². The van der Waals surface area contributed by atoms with Gasteiger partial charge in [-0.1, -0.05) is 40.2 Å². The van der Waals surface area contributed by atoms with Crippen LogP contribution in [-0.4, -0.2) is 18.4 Å². The molecule has 0 atom stereocenters. The number of anilines is 2. The fourth-order valence-corrected chi connectivity index (χ4v) is 3.34. The minimum Gasteiger partial charge on any atom is -0.484 e. The number of rotatable bonds is 7. The number of nitrogens with zero attached hydrogens (tertiary/aromatic N) is 1. The van der Waals surface area contributed by atoms with Crippen molar-refractivity contribution in [2.75, 3.05) is 17.2 Å². The van der Waals surface area contributed by atoms with E-state index in [2.05, 4.69) is 26.6 Å². The molecule has 0 aliphatic rings. The number of hydrogen-bond donors (Lipinski definition) is 2. The van der Waals surface area contributed by atoms with Gasteiger partial charge in [0.1, 0.15) is 17.4 Å². The van der Waals surface area contributed by atoms with Gasteiger partial charge >= 0.3 is 0 Å². The van der Waals surface area contributed by atoms with E-state index < -0.39 is 5.91 Å². The van der Waals surface area contributed by atoms with Crippen LogP contribution in [-0.2, 0) is 9.59 Å². The number of benzene rings is 3. The molecule has 0 saturated heterocycles. The zero-order valence-corrected chi connectivity index (χ0v) is 19.8. The first-order chi connectivity index (χ1) is 15.8. The largest absolute Gasteiger partial charge is 0.484 e. The van der Waals surface area contributed by atoms with Gasteiger partial charge in [0.25, 0.3) is 11.8 Å². The van der Waals surface area contributed by atoms with E-state index in [1.165, 1.54) is 6.08 Å². The van der Waals surface area contributed by atoms with Gasteiger partial charge in [0.15, 0.2) is 6.61 Å². The van der Waals surface area contributed by atoms with Crippen LogP contribution in [0.2, 0.25) is 0 Å². The Morgan fingerprint density at radius 1 is 0.970 bits per heavy atom. The van der Waals surface area contributed by atoms with Gasteiger partial charge in [-0.3, -0.25) is 9.59 Å². The number of carbonyl (C=O) groups is 2. The molecular weight excluding hydrogens is 482 g/mol. The van der Waals surface area contributed by atoms with Crippen LogP contribution in [0, 0.1) is 25.2 Å². The summed E-state index contributed by atoms with van der Waals surface area (Å²) >= 11 is 3.34. The van der Waals surface area contributed by atoms with Crippen LogP contribution in [0.3, 0.4) is 0 Å². The third-order valence-corrected chi connectivity index (χ3v) is 5.27. The maximum absolute atomic E-state index is 12.5. The molecule has 0 aromatic heterocycles. The fraction of sp³-hybridized carbons (Fsp3) is 0.115. The van der Waals surface area contributed by atoms with E-state index in [1.54, 1.807) is 42.5 Å². The summed E-state index contributed by atoms with van der Waals surface area (Å²) in [5.74, 6) is -0.358. The van der Waals surface area contributed by atoms with Gasteiger partial charge in [-0.05, 0) is 79.1 Å². The smallest absolute Gasteiger partial charge is 0.266 e. The van der Waals surface area contributed by atoms with Crippen molar-refractivity contribution in [3.63, 3.8) is 0 Å². The second-order valence-corrected chi connectivity index (χ2v) is 8.26. The lowest BCUT2D eigenvalue weighted by Gasteiger charge is -2.09. The number of nitriles is 1. The van der Waals surface area contributed by atoms with Gasteiger partial charge in [0, 0.05) is 15.8 Å². The summed E-state index contributed by atoms with van der Waals surface area (Å²) in [6.45, 7) is 3.82. The molecule has 0 aliphatic heterocycles. The highest BCUT2D eigenvalue weighted by Gasteiger charge is 2.10. The van der Waals surface area contributed by atoms with Gasteiger partial charge in [0.05, 0.1) is 0 Å². The number of nitrogens with one attached hydrogen (secondary N) is 2. The molecule has 6 nitrogen and oxygen atoms in total. The average Bonchev–Trinajstić information content (AvgIpc) is 2.79. The number of halogens is 1. The number of aryl methyl sites for hydroxylation is 2. The molecular formula is C26H22BrN3O3. The maximum atomic E-state index is 12.5. The van der Waals surface area contributed by atoms with Crippen molar-refractivity contribution in [2.24, 2.45) is 0 Å². The van der Waals surface area contributed by atoms with E-state index in [1.807, 2.05) is 44.2 Å². The van der Waals surface area contributed by atoms with E-state index >= 15 is 0 Å². The van der Waals surface area contributed by atoms with E-state index in [0.29, 0.717) is 22.7 Å². The third kappa shape index (κ3) is 7.06. The maximum Gasteiger partial charge on any atom is 0.266 e. The molecule has 2 amide bonds. The summed E-state index contributed by atoms with van der Waals surface area (Å²) in [7, 11) is 0. The molecule has 166 valence electrons. The van der Waals surface area contributed by atoms with Crippen LogP contribution in [0.1, 0.15) is 16.7 Å². The van der Waals surface area contributed by atoms with Crippen molar-refractivity contribution >= 4 is 45.2 Å². The van der Waals surface area contributed by atoms with Gasteiger partial charge in [-0.15, -0.1) is 0 Å². The zero-order valence-electron chi connectivity index (χ0n) is 18.2. The Kier molecular flexibility index (Phi) is 8.01. The SMILES string of the molecule is Cc1ccc(NC(=O)COc2cccc(/C=C(/C#N)C(=O)Nc3cccc(Br)c3)c2)cc1C. The summed E-state index contributed by atoms with van der Waals surface area (Å²) in [6, 6.07) is 21.5. The van der Waals surface area contributed by atoms with Gasteiger partial charge < -0.3 is 15.4 Å². The molecule has 7 heteroatoms. The quantitative estimate of drug-likeness (QED) is 0.322.